The van der Waals surface area contributed by atoms with Gasteiger partial charge < -0.3 is 4.52 Å². The van der Waals surface area contributed by atoms with Crippen LogP contribution in [0.4, 0.5) is 0 Å². The van der Waals surface area contributed by atoms with Gasteiger partial charge in [-0.3, -0.25) is 4.98 Å². The molecule has 0 aliphatic rings. The van der Waals surface area contributed by atoms with Gasteiger partial charge in [-0.15, -0.1) is 5.10 Å². The molecule has 3 aromatic rings. The highest BCUT2D eigenvalue weighted by atomic mass is 32.2. The lowest BCUT2D eigenvalue weighted by Crippen LogP contribution is -2.24. The zero-order chi connectivity index (χ0) is 16.4. The summed E-state index contributed by atoms with van der Waals surface area (Å²) >= 11 is 0. The molecule has 0 saturated heterocycles. The Kier molecular flexibility index (Phi) is 3.92. The minimum Gasteiger partial charge on any atom is -0.360 e. The Morgan fingerprint density at radius 2 is 2.17 bits per heavy atom. The first-order valence-corrected chi connectivity index (χ1v) is 8.20. The summed E-state index contributed by atoms with van der Waals surface area (Å²) in [5.41, 5.74) is 1.53. The quantitative estimate of drug-likeness (QED) is 0.731. The first-order valence-electron chi connectivity index (χ1n) is 6.71. The normalized spacial score (nSPS) is 11.7. The van der Waals surface area contributed by atoms with Crippen molar-refractivity contribution >= 4 is 10.0 Å². The summed E-state index contributed by atoms with van der Waals surface area (Å²) in [6.45, 7) is 3.13. The summed E-state index contributed by atoms with van der Waals surface area (Å²) in [6, 6.07) is 3.59. The third kappa shape index (κ3) is 3.12. The molecule has 0 spiro atoms. The second kappa shape index (κ2) is 5.89. The number of rotatable bonds is 5. The Bertz CT molecular complexity index is 897. The second-order valence-corrected chi connectivity index (χ2v) is 6.55. The van der Waals surface area contributed by atoms with E-state index in [9.17, 15) is 8.42 Å². The van der Waals surface area contributed by atoms with Crippen molar-refractivity contribution in [3.05, 3.63) is 47.9 Å². The van der Waals surface area contributed by atoms with Crippen LogP contribution in [0.2, 0.25) is 0 Å². The fourth-order valence-electron chi connectivity index (χ4n) is 2.09. The van der Waals surface area contributed by atoms with Crippen LogP contribution in [-0.2, 0) is 16.6 Å². The number of hydrogen-bond acceptors (Lipinski definition) is 7. The Balaban J connectivity index is 1.75. The fourth-order valence-corrected chi connectivity index (χ4v) is 3.42. The molecule has 3 heterocycles. The average Bonchev–Trinajstić information content (AvgIpc) is 3.13. The molecule has 3 rings (SSSR count). The molecular weight excluding hydrogens is 320 g/mol. The zero-order valence-corrected chi connectivity index (χ0v) is 13.3. The largest absolute Gasteiger partial charge is 0.360 e. The van der Waals surface area contributed by atoms with Gasteiger partial charge in [0.25, 0.3) is 0 Å². The van der Waals surface area contributed by atoms with Gasteiger partial charge in [0.2, 0.25) is 10.0 Å². The summed E-state index contributed by atoms with van der Waals surface area (Å²) in [7, 11) is -3.73. The predicted octanol–water partition coefficient (Wildman–Crippen LogP) is 0.746. The highest BCUT2D eigenvalue weighted by Crippen LogP contribution is 2.18. The molecule has 0 bridgehead atoms. The van der Waals surface area contributed by atoms with Gasteiger partial charge in [-0.1, -0.05) is 10.4 Å². The number of aromatic nitrogens is 5. The Morgan fingerprint density at radius 3 is 2.83 bits per heavy atom. The maximum atomic E-state index is 12.3. The zero-order valence-electron chi connectivity index (χ0n) is 12.5. The van der Waals surface area contributed by atoms with Crippen molar-refractivity contribution in [2.45, 2.75) is 25.3 Å². The van der Waals surface area contributed by atoms with Crippen LogP contribution in [0.15, 0.2) is 40.1 Å². The van der Waals surface area contributed by atoms with E-state index in [1.165, 1.54) is 4.68 Å². The van der Waals surface area contributed by atoms with Crippen molar-refractivity contribution in [3.8, 4) is 5.69 Å². The van der Waals surface area contributed by atoms with Crippen molar-refractivity contribution in [2.75, 3.05) is 0 Å². The molecule has 23 heavy (non-hydrogen) atoms. The molecule has 120 valence electrons. The lowest BCUT2D eigenvalue weighted by atomic mass is 10.4. The van der Waals surface area contributed by atoms with Gasteiger partial charge in [-0.05, 0) is 26.0 Å². The molecule has 1 N–H and O–H groups in total. The lowest BCUT2D eigenvalue weighted by molar-refractivity contribution is 0.390. The van der Waals surface area contributed by atoms with Crippen LogP contribution < -0.4 is 4.72 Å². The van der Waals surface area contributed by atoms with Gasteiger partial charge in [0.15, 0.2) is 5.76 Å². The SMILES string of the molecule is Cc1noc(C)c1S(=O)(=O)NCc1cn(-c2cccnc2)nn1. The van der Waals surface area contributed by atoms with E-state index in [1.54, 1.807) is 38.5 Å². The van der Waals surface area contributed by atoms with Crippen LogP contribution in [-0.4, -0.2) is 33.6 Å². The first kappa shape index (κ1) is 15.3. The lowest BCUT2D eigenvalue weighted by Gasteiger charge is -2.03. The summed E-state index contributed by atoms with van der Waals surface area (Å²) < 4.78 is 33.5. The van der Waals surface area contributed by atoms with Gasteiger partial charge >= 0.3 is 0 Å². The van der Waals surface area contributed by atoms with Crippen molar-refractivity contribution < 1.29 is 12.9 Å². The molecule has 3 aromatic heterocycles. The highest BCUT2D eigenvalue weighted by molar-refractivity contribution is 7.89. The van der Waals surface area contributed by atoms with E-state index in [2.05, 4.69) is 25.2 Å². The number of nitrogens with one attached hydrogen (secondary N) is 1. The van der Waals surface area contributed by atoms with Crippen molar-refractivity contribution in [2.24, 2.45) is 0 Å². The minimum absolute atomic E-state index is 0.00660. The number of nitrogens with zero attached hydrogens (tertiary/aromatic N) is 5. The molecule has 0 aliphatic carbocycles. The number of pyridine rings is 1. The van der Waals surface area contributed by atoms with E-state index >= 15 is 0 Å². The molecule has 10 heteroatoms. The molecule has 0 unspecified atom stereocenters. The highest BCUT2D eigenvalue weighted by Gasteiger charge is 2.24. The van der Waals surface area contributed by atoms with Crippen LogP contribution >= 0.6 is 0 Å². The van der Waals surface area contributed by atoms with Gasteiger partial charge in [-0.25, -0.2) is 17.8 Å². The van der Waals surface area contributed by atoms with E-state index in [-0.39, 0.29) is 17.2 Å². The topological polar surface area (TPSA) is 116 Å². The van der Waals surface area contributed by atoms with Gasteiger partial charge in [0.1, 0.15) is 10.6 Å². The minimum atomic E-state index is -3.73. The molecule has 0 saturated carbocycles. The van der Waals surface area contributed by atoms with Crippen LogP contribution in [0.1, 0.15) is 17.1 Å². The third-order valence-corrected chi connectivity index (χ3v) is 4.78. The number of sulfonamides is 1. The maximum Gasteiger partial charge on any atom is 0.246 e. The van der Waals surface area contributed by atoms with Crippen LogP contribution in [0.5, 0.6) is 0 Å². The second-order valence-electron chi connectivity index (χ2n) is 4.84. The fraction of sp³-hybridized carbons (Fsp3) is 0.231. The van der Waals surface area contributed by atoms with Crippen molar-refractivity contribution in [1.29, 1.82) is 0 Å². The van der Waals surface area contributed by atoms with E-state index in [1.807, 2.05) is 6.07 Å². The van der Waals surface area contributed by atoms with E-state index < -0.39 is 10.0 Å². The number of aryl methyl sites for hydroxylation is 2. The Labute approximate surface area is 132 Å². The molecule has 0 aliphatic heterocycles. The molecule has 0 amide bonds. The van der Waals surface area contributed by atoms with Crippen molar-refractivity contribution in [1.82, 2.24) is 29.9 Å². The molecule has 0 atom stereocenters. The van der Waals surface area contributed by atoms with Crippen LogP contribution in [0.25, 0.3) is 5.69 Å². The summed E-state index contributed by atoms with van der Waals surface area (Å²) in [4.78, 5) is 4.04. The Morgan fingerprint density at radius 1 is 1.35 bits per heavy atom. The number of hydrogen-bond donors (Lipinski definition) is 1. The standard InChI is InChI=1S/C13H14N6O3S/c1-9-13(10(2)22-17-9)23(20,21)15-6-11-8-19(18-16-11)12-4-3-5-14-7-12/h3-5,7-8,15H,6H2,1-2H3. The van der Waals surface area contributed by atoms with Crippen molar-refractivity contribution in [3.63, 3.8) is 0 Å². The molecular formula is C13H14N6O3S. The monoisotopic (exact) mass is 334 g/mol. The van der Waals surface area contributed by atoms with Crippen LogP contribution in [0.3, 0.4) is 0 Å². The van der Waals surface area contributed by atoms with Gasteiger partial charge in [0.05, 0.1) is 30.3 Å². The van der Waals surface area contributed by atoms with Gasteiger partial charge in [-0.2, -0.15) is 0 Å². The molecule has 0 aromatic carbocycles. The Hall–Kier alpha value is -2.59. The van der Waals surface area contributed by atoms with E-state index in [0.717, 1.165) is 5.69 Å². The van der Waals surface area contributed by atoms with E-state index in [4.69, 9.17) is 4.52 Å². The molecule has 0 radical (unpaired) electrons. The summed E-state index contributed by atoms with van der Waals surface area (Å²) in [5.74, 6) is 0.244. The smallest absolute Gasteiger partial charge is 0.246 e. The summed E-state index contributed by atoms with van der Waals surface area (Å²) in [6.07, 6.45) is 4.92. The predicted molar refractivity (Wildman–Crippen MR) is 79.2 cm³/mol. The van der Waals surface area contributed by atoms with Crippen LogP contribution in [0, 0.1) is 13.8 Å². The van der Waals surface area contributed by atoms with Gasteiger partial charge in [0, 0.05) is 6.20 Å². The average molecular weight is 334 g/mol. The molecule has 9 nitrogen and oxygen atoms in total. The maximum absolute atomic E-state index is 12.3. The third-order valence-electron chi connectivity index (χ3n) is 3.13. The van der Waals surface area contributed by atoms with E-state index in [0.29, 0.717) is 11.4 Å². The first-order chi connectivity index (χ1) is 11.0. The molecule has 0 fully saturated rings. The summed E-state index contributed by atoms with van der Waals surface area (Å²) in [5, 5.41) is 11.5.